The first-order valence-corrected chi connectivity index (χ1v) is 14.0. The van der Waals surface area contributed by atoms with Gasteiger partial charge in [0.25, 0.3) is 5.91 Å². The number of nitrogens with zero attached hydrogens (tertiary/aromatic N) is 2. The van der Waals surface area contributed by atoms with Gasteiger partial charge in [0.2, 0.25) is 0 Å². The second-order valence-electron chi connectivity index (χ2n) is 10.7. The molecule has 1 heterocycles. The summed E-state index contributed by atoms with van der Waals surface area (Å²) in [5.74, 6) is 0.997. The number of anilines is 1. The van der Waals surface area contributed by atoms with Crippen molar-refractivity contribution >= 4 is 50.1 Å². The monoisotopic (exact) mass is 577 g/mol. The van der Waals surface area contributed by atoms with Crippen molar-refractivity contribution in [3.8, 4) is 11.8 Å². The Morgan fingerprint density at radius 1 is 1.24 bits per heavy atom. The van der Waals surface area contributed by atoms with E-state index in [1.54, 1.807) is 17.6 Å². The van der Waals surface area contributed by atoms with Gasteiger partial charge >= 0.3 is 0 Å². The summed E-state index contributed by atoms with van der Waals surface area (Å²) in [6.07, 6.45) is 4.87. The van der Waals surface area contributed by atoms with Crippen molar-refractivity contribution in [2.45, 2.75) is 53.9 Å². The number of benzene rings is 2. The van der Waals surface area contributed by atoms with E-state index in [2.05, 4.69) is 53.1 Å². The minimum atomic E-state index is -0.228. The molecule has 4 rings (SSSR count). The standard InChI is InChI=1S/C30H32BrN3O2S/c1-18-12-25(31)26(13-19(18)2)34-28(35)17-36-22-9-6-20(7-10-22)16-33-29-24(15-32)23-11-8-21(30(3,4)5)14-27(23)37-29/h6-7,9-10,12-13,16,21H,8,11,14,17H2,1-5H3,(H,34,35)/t21-/m0/s1. The van der Waals surface area contributed by atoms with Crippen LogP contribution >= 0.6 is 27.3 Å². The van der Waals surface area contributed by atoms with E-state index >= 15 is 0 Å². The minimum absolute atomic E-state index is 0.0887. The smallest absolute Gasteiger partial charge is 0.262 e. The Balaban J connectivity index is 1.37. The summed E-state index contributed by atoms with van der Waals surface area (Å²) >= 11 is 5.15. The van der Waals surface area contributed by atoms with Crippen molar-refractivity contribution < 1.29 is 9.53 Å². The number of aliphatic imine (C=N–C) groups is 1. The van der Waals surface area contributed by atoms with Gasteiger partial charge < -0.3 is 10.1 Å². The van der Waals surface area contributed by atoms with E-state index in [1.165, 1.54) is 10.4 Å². The van der Waals surface area contributed by atoms with Gasteiger partial charge in [0.05, 0.1) is 11.3 Å². The maximum Gasteiger partial charge on any atom is 0.262 e. The quantitative estimate of drug-likeness (QED) is 0.302. The molecule has 0 radical (unpaired) electrons. The van der Waals surface area contributed by atoms with Crippen LogP contribution in [0, 0.1) is 36.5 Å². The van der Waals surface area contributed by atoms with Crippen LogP contribution in [0.5, 0.6) is 5.75 Å². The fraction of sp³-hybridized carbons (Fsp3) is 0.367. The number of fused-ring (bicyclic) bond motifs is 1. The third-order valence-electron chi connectivity index (χ3n) is 7.02. The van der Waals surface area contributed by atoms with Crippen molar-refractivity contribution in [1.29, 1.82) is 5.26 Å². The Bertz CT molecular complexity index is 1380. The van der Waals surface area contributed by atoms with E-state index in [0.29, 0.717) is 11.7 Å². The first-order chi connectivity index (χ1) is 17.5. The van der Waals surface area contributed by atoms with Gasteiger partial charge in [-0.15, -0.1) is 11.3 Å². The Labute approximate surface area is 231 Å². The largest absolute Gasteiger partial charge is 0.484 e. The van der Waals surface area contributed by atoms with Crippen molar-refractivity contribution in [3.63, 3.8) is 0 Å². The molecule has 0 unspecified atom stereocenters. The van der Waals surface area contributed by atoms with Crippen molar-refractivity contribution in [2.75, 3.05) is 11.9 Å². The fourth-order valence-electron chi connectivity index (χ4n) is 4.51. The molecule has 1 atom stereocenters. The van der Waals surface area contributed by atoms with E-state index in [0.717, 1.165) is 56.7 Å². The molecular weight excluding hydrogens is 546 g/mol. The lowest BCUT2D eigenvalue weighted by Crippen LogP contribution is -2.26. The molecule has 192 valence electrons. The van der Waals surface area contributed by atoms with Crippen molar-refractivity contribution in [3.05, 3.63) is 73.6 Å². The Morgan fingerprint density at radius 2 is 1.95 bits per heavy atom. The van der Waals surface area contributed by atoms with Crippen LogP contribution in [-0.4, -0.2) is 18.7 Å². The number of hydrogen-bond acceptors (Lipinski definition) is 5. The van der Waals surface area contributed by atoms with Crippen LogP contribution in [0.1, 0.15) is 59.9 Å². The molecule has 7 heteroatoms. The molecule has 0 bridgehead atoms. The molecule has 1 aromatic heterocycles. The highest BCUT2D eigenvalue weighted by atomic mass is 79.9. The first-order valence-electron chi connectivity index (χ1n) is 12.4. The highest BCUT2D eigenvalue weighted by molar-refractivity contribution is 9.10. The number of rotatable bonds is 6. The number of carbonyl (C=O) groups excluding carboxylic acids is 1. The van der Waals surface area contributed by atoms with E-state index in [1.807, 2.05) is 50.2 Å². The summed E-state index contributed by atoms with van der Waals surface area (Å²) in [6.45, 7) is 10.8. The predicted octanol–water partition coefficient (Wildman–Crippen LogP) is 7.92. The Morgan fingerprint density at radius 3 is 2.62 bits per heavy atom. The zero-order valence-electron chi connectivity index (χ0n) is 21.9. The minimum Gasteiger partial charge on any atom is -0.484 e. The van der Waals surface area contributed by atoms with Crippen LogP contribution in [0.4, 0.5) is 10.7 Å². The maximum atomic E-state index is 12.4. The summed E-state index contributed by atoms with van der Waals surface area (Å²) in [5, 5.41) is 13.5. The van der Waals surface area contributed by atoms with E-state index in [-0.39, 0.29) is 17.9 Å². The second kappa shape index (κ2) is 11.2. The van der Waals surface area contributed by atoms with Crippen LogP contribution in [0.2, 0.25) is 0 Å². The lowest BCUT2D eigenvalue weighted by molar-refractivity contribution is -0.118. The second-order valence-corrected chi connectivity index (χ2v) is 12.6. The number of halogens is 1. The molecule has 5 nitrogen and oxygen atoms in total. The van der Waals surface area contributed by atoms with Crippen LogP contribution in [0.15, 0.2) is 45.9 Å². The predicted molar refractivity (Wildman–Crippen MR) is 155 cm³/mol. The molecule has 1 aliphatic carbocycles. The van der Waals surface area contributed by atoms with E-state index in [9.17, 15) is 10.1 Å². The molecule has 1 N–H and O–H groups in total. The van der Waals surface area contributed by atoms with E-state index < -0.39 is 0 Å². The van der Waals surface area contributed by atoms with Crippen molar-refractivity contribution in [1.82, 2.24) is 0 Å². The third-order valence-corrected chi connectivity index (χ3v) is 8.84. The number of aryl methyl sites for hydroxylation is 2. The zero-order valence-corrected chi connectivity index (χ0v) is 24.3. The molecule has 3 aromatic rings. The summed E-state index contributed by atoms with van der Waals surface area (Å²) in [6, 6.07) is 13.7. The average Bonchev–Trinajstić information content (AvgIpc) is 3.21. The topological polar surface area (TPSA) is 74.5 Å². The van der Waals surface area contributed by atoms with Gasteiger partial charge in [-0.25, -0.2) is 4.99 Å². The van der Waals surface area contributed by atoms with Crippen molar-refractivity contribution in [2.24, 2.45) is 16.3 Å². The highest BCUT2D eigenvalue weighted by Crippen LogP contribution is 2.44. The molecule has 2 aromatic carbocycles. The summed E-state index contributed by atoms with van der Waals surface area (Å²) in [4.78, 5) is 18.4. The SMILES string of the molecule is Cc1cc(Br)c(NC(=O)COc2ccc(C=Nc3sc4c(c3C#N)CC[C@H](C(C)(C)C)C4)cc2)cc1C. The van der Waals surface area contributed by atoms with Gasteiger partial charge in [0.1, 0.15) is 16.8 Å². The van der Waals surface area contributed by atoms with Crippen LogP contribution in [-0.2, 0) is 17.6 Å². The molecule has 0 fully saturated rings. The Kier molecular flexibility index (Phi) is 8.20. The summed E-state index contributed by atoms with van der Waals surface area (Å²) in [5.41, 5.74) is 6.07. The maximum absolute atomic E-state index is 12.4. The number of ether oxygens (including phenoxy) is 1. The highest BCUT2D eigenvalue weighted by Gasteiger charge is 2.32. The number of nitrogens with one attached hydrogen (secondary N) is 1. The van der Waals surface area contributed by atoms with Gasteiger partial charge in [0, 0.05) is 15.6 Å². The normalized spacial score (nSPS) is 15.3. The van der Waals surface area contributed by atoms with Gasteiger partial charge in [-0.1, -0.05) is 20.8 Å². The van der Waals surface area contributed by atoms with E-state index in [4.69, 9.17) is 4.74 Å². The first kappa shape index (κ1) is 27.1. The molecular formula is C30H32BrN3O2S. The number of amides is 1. The third kappa shape index (κ3) is 6.49. The van der Waals surface area contributed by atoms with Gasteiger partial charge in [-0.2, -0.15) is 5.26 Å². The van der Waals surface area contributed by atoms with Crippen LogP contribution in [0.3, 0.4) is 0 Å². The molecule has 0 saturated carbocycles. The summed E-state index contributed by atoms with van der Waals surface area (Å²) in [7, 11) is 0. The molecule has 0 spiro atoms. The molecule has 1 amide bonds. The number of hydrogen-bond donors (Lipinski definition) is 1. The number of thiophene rings is 1. The molecule has 37 heavy (non-hydrogen) atoms. The molecule has 0 saturated heterocycles. The molecule has 0 aliphatic heterocycles. The lowest BCUT2D eigenvalue weighted by atomic mass is 9.72. The van der Waals surface area contributed by atoms with Gasteiger partial charge in [-0.3, -0.25) is 4.79 Å². The summed E-state index contributed by atoms with van der Waals surface area (Å²) < 4.78 is 6.51. The Hall–Kier alpha value is -2.95. The van der Waals surface area contributed by atoms with Gasteiger partial charge in [0.15, 0.2) is 6.61 Å². The molecule has 1 aliphatic rings. The number of carbonyl (C=O) groups is 1. The fourth-order valence-corrected chi connectivity index (χ4v) is 6.29. The van der Waals surface area contributed by atoms with Gasteiger partial charge in [-0.05, 0) is 119 Å². The zero-order chi connectivity index (χ0) is 26.7. The number of nitriles is 1. The van der Waals surface area contributed by atoms with Crippen LogP contribution < -0.4 is 10.1 Å². The van der Waals surface area contributed by atoms with Crippen LogP contribution in [0.25, 0.3) is 0 Å². The lowest BCUT2D eigenvalue weighted by Gasteiger charge is -2.33. The average molecular weight is 579 g/mol.